The van der Waals surface area contributed by atoms with Crippen LogP contribution in [0.4, 0.5) is 8.78 Å². The molecular weight excluding hydrogens is 302 g/mol. The molecule has 1 N–H and O–H groups in total. The summed E-state index contributed by atoms with van der Waals surface area (Å²) in [7, 11) is 0. The van der Waals surface area contributed by atoms with Gasteiger partial charge in [-0.1, -0.05) is 0 Å². The van der Waals surface area contributed by atoms with E-state index in [1.165, 1.54) is 12.1 Å². The van der Waals surface area contributed by atoms with Gasteiger partial charge in [-0.3, -0.25) is 9.80 Å². The van der Waals surface area contributed by atoms with Gasteiger partial charge in [0.15, 0.2) is 0 Å². The summed E-state index contributed by atoms with van der Waals surface area (Å²) in [5.74, 6) is -0.511. The van der Waals surface area contributed by atoms with Gasteiger partial charge < -0.3 is 9.52 Å². The van der Waals surface area contributed by atoms with Crippen molar-refractivity contribution in [1.29, 1.82) is 0 Å². The zero-order valence-corrected chi connectivity index (χ0v) is 12.8. The van der Waals surface area contributed by atoms with E-state index in [1.807, 2.05) is 0 Å². The molecule has 0 radical (unpaired) electrons. The van der Waals surface area contributed by atoms with Crippen LogP contribution in [0.15, 0.2) is 41.0 Å². The average molecular weight is 322 g/mol. The maximum Gasteiger partial charge on any atom is 0.133 e. The fourth-order valence-electron chi connectivity index (χ4n) is 2.91. The number of piperazine rings is 1. The van der Waals surface area contributed by atoms with Crippen molar-refractivity contribution in [2.45, 2.75) is 12.6 Å². The van der Waals surface area contributed by atoms with Gasteiger partial charge in [-0.2, -0.15) is 0 Å². The summed E-state index contributed by atoms with van der Waals surface area (Å²) in [5.41, 5.74) is 0.645. The maximum absolute atomic E-state index is 13.2. The molecule has 0 saturated carbocycles. The van der Waals surface area contributed by atoms with E-state index >= 15 is 0 Å². The normalized spacial score (nSPS) is 18.2. The van der Waals surface area contributed by atoms with Crippen molar-refractivity contribution >= 4 is 0 Å². The van der Waals surface area contributed by atoms with Crippen LogP contribution < -0.4 is 0 Å². The highest BCUT2D eigenvalue weighted by atomic mass is 19.1. The van der Waals surface area contributed by atoms with E-state index in [-0.39, 0.29) is 0 Å². The number of nitrogens with zero attached hydrogens (tertiary/aromatic N) is 2. The van der Waals surface area contributed by atoms with Crippen LogP contribution in [0.2, 0.25) is 0 Å². The van der Waals surface area contributed by atoms with E-state index in [0.717, 1.165) is 32.2 Å². The molecule has 4 nitrogen and oxygen atoms in total. The van der Waals surface area contributed by atoms with E-state index < -0.39 is 17.7 Å². The van der Waals surface area contributed by atoms with E-state index in [4.69, 9.17) is 4.42 Å². The first-order valence-electron chi connectivity index (χ1n) is 7.71. The van der Waals surface area contributed by atoms with Crippen LogP contribution in [0, 0.1) is 11.6 Å². The molecule has 1 saturated heterocycles. The highest BCUT2D eigenvalue weighted by Crippen LogP contribution is 2.17. The Morgan fingerprint density at radius 1 is 1.04 bits per heavy atom. The second kappa shape index (κ2) is 7.21. The molecule has 1 aromatic heterocycles. The first-order valence-corrected chi connectivity index (χ1v) is 7.71. The molecule has 0 spiro atoms. The summed E-state index contributed by atoms with van der Waals surface area (Å²) < 4.78 is 31.6. The molecule has 0 bridgehead atoms. The highest BCUT2D eigenvalue weighted by molar-refractivity contribution is 5.17. The zero-order valence-electron chi connectivity index (χ0n) is 12.8. The Labute approximate surface area is 133 Å². The largest absolute Gasteiger partial charge is 0.467 e. The van der Waals surface area contributed by atoms with Gasteiger partial charge in [-0.25, -0.2) is 8.78 Å². The first-order chi connectivity index (χ1) is 11.1. The summed E-state index contributed by atoms with van der Waals surface area (Å²) in [6.45, 7) is 4.25. The third-order valence-electron chi connectivity index (χ3n) is 4.10. The minimum atomic E-state index is -0.631. The molecule has 1 atom stereocenters. The van der Waals surface area contributed by atoms with Gasteiger partial charge in [-0.15, -0.1) is 0 Å². The summed E-state index contributed by atoms with van der Waals surface area (Å²) in [4.78, 5) is 4.32. The highest BCUT2D eigenvalue weighted by Gasteiger charge is 2.21. The third-order valence-corrected chi connectivity index (χ3v) is 4.10. The van der Waals surface area contributed by atoms with Gasteiger partial charge >= 0.3 is 0 Å². The minimum Gasteiger partial charge on any atom is -0.467 e. The number of halogens is 2. The number of aliphatic hydroxyl groups excluding tert-OH is 1. The Hall–Kier alpha value is -1.76. The molecule has 2 heterocycles. The van der Waals surface area contributed by atoms with Gasteiger partial charge in [0.05, 0.1) is 6.26 Å². The number of β-amino-alcohol motifs (C(OH)–C–C–N with tert-alkyl or cyclic N) is 1. The average Bonchev–Trinajstić information content (AvgIpc) is 3.02. The van der Waals surface area contributed by atoms with Crippen LogP contribution in [-0.4, -0.2) is 47.6 Å². The fourth-order valence-corrected chi connectivity index (χ4v) is 2.91. The predicted octanol–water partition coefficient (Wildman–Crippen LogP) is 2.41. The molecule has 1 fully saturated rings. The Bertz CT molecular complexity index is 605. The maximum atomic E-state index is 13.2. The van der Waals surface area contributed by atoms with Crippen LogP contribution >= 0.6 is 0 Å². The Morgan fingerprint density at radius 3 is 2.30 bits per heavy atom. The Morgan fingerprint density at radius 2 is 1.70 bits per heavy atom. The number of hydrogen-bond donors (Lipinski definition) is 1. The number of aliphatic hydroxyl groups is 1. The lowest BCUT2D eigenvalue weighted by Gasteiger charge is -2.35. The smallest absolute Gasteiger partial charge is 0.133 e. The van der Waals surface area contributed by atoms with Gasteiger partial charge in [0.25, 0.3) is 0 Å². The molecule has 0 amide bonds. The van der Waals surface area contributed by atoms with E-state index in [9.17, 15) is 13.9 Å². The zero-order chi connectivity index (χ0) is 16.2. The third kappa shape index (κ3) is 4.37. The monoisotopic (exact) mass is 322 g/mol. The summed E-state index contributed by atoms with van der Waals surface area (Å²) in [5, 5.41) is 10.1. The molecule has 0 aliphatic carbocycles. The molecule has 124 valence electrons. The number of hydrogen-bond acceptors (Lipinski definition) is 4. The van der Waals surface area contributed by atoms with Gasteiger partial charge in [0.1, 0.15) is 23.5 Å². The van der Waals surface area contributed by atoms with Gasteiger partial charge in [0.2, 0.25) is 0 Å². The summed E-state index contributed by atoms with van der Waals surface area (Å²) in [6, 6.07) is 7.15. The van der Waals surface area contributed by atoms with Crippen LogP contribution in [0.3, 0.4) is 0 Å². The number of benzene rings is 1. The van der Waals surface area contributed by atoms with Crippen LogP contribution in [-0.2, 0) is 6.54 Å². The van der Waals surface area contributed by atoms with Crippen LogP contribution in [0.1, 0.15) is 17.4 Å². The molecule has 0 unspecified atom stereocenters. The van der Waals surface area contributed by atoms with Crippen molar-refractivity contribution in [3.05, 3.63) is 59.6 Å². The molecule has 2 aromatic rings. The number of rotatable bonds is 5. The molecule has 3 rings (SSSR count). The standard InChI is InChI=1S/C17H20F2N2O2/c18-14-8-13(9-15(19)10-14)11-20-3-5-21(6-4-20)12-16(22)17-2-1-7-23-17/h1-2,7-10,16,22H,3-6,11-12H2/t16-/m1/s1. The molecule has 23 heavy (non-hydrogen) atoms. The van der Waals surface area contributed by atoms with Gasteiger partial charge in [0, 0.05) is 45.3 Å². The first kappa shape index (κ1) is 16.1. The molecule has 1 aliphatic rings. The predicted molar refractivity (Wildman–Crippen MR) is 81.7 cm³/mol. The summed E-state index contributed by atoms with van der Waals surface area (Å²) >= 11 is 0. The second-order valence-electron chi connectivity index (χ2n) is 5.89. The van der Waals surface area contributed by atoms with E-state index in [0.29, 0.717) is 24.4 Å². The lowest BCUT2D eigenvalue weighted by atomic mass is 10.1. The van der Waals surface area contributed by atoms with Crippen LogP contribution in [0.25, 0.3) is 0 Å². The molecular formula is C17H20F2N2O2. The van der Waals surface area contributed by atoms with Gasteiger partial charge in [-0.05, 0) is 29.8 Å². The van der Waals surface area contributed by atoms with Crippen molar-refractivity contribution in [2.75, 3.05) is 32.7 Å². The Balaban J connectivity index is 1.48. The van der Waals surface area contributed by atoms with Crippen molar-refractivity contribution in [3.8, 4) is 0 Å². The molecule has 6 heteroatoms. The molecule has 1 aromatic carbocycles. The summed E-state index contributed by atoms with van der Waals surface area (Å²) in [6.07, 6.45) is 0.920. The van der Waals surface area contributed by atoms with Crippen molar-refractivity contribution < 1.29 is 18.3 Å². The lowest BCUT2D eigenvalue weighted by Crippen LogP contribution is -2.47. The van der Waals surface area contributed by atoms with Crippen molar-refractivity contribution in [2.24, 2.45) is 0 Å². The van der Waals surface area contributed by atoms with Crippen LogP contribution in [0.5, 0.6) is 0 Å². The van der Waals surface area contributed by atoms with Crippen molar-refractivity contribution in [3.63, 3.8) is 0 Å². The van der Waals surface area contributed by atoms with E-state index in [1.54, 1.807) is 18.4 Å². The fraction of sp³-hybridized carbons (Fsp3) is 0.412. The Kier molecular flexibility index (Phi) is 5.05. The van der Waals surface area contributed by atoms with E-state index in [2.05, 4.69) is 9.80 Å². The quantitative estimate of drug-likeness (QED) is 0.918. The lowest BCUT2D eigenvalue weighted by molar-refractivity contribution is 0.0597. The second-order valence-corrected chi connectivity index (χ2v) is 5.89. The van der Waals surface area contributed by atoms with Crippen molar-refractivity contribution in [1.82, 2.24) is 9.80 Å². The minimum absolute atomic E-state index is 0.524. The molecule has 1 aliphatic heterocycles. The topological polar surface area (TPSA) is 39.9 Å². The number of furan rings is 1. The SMILES string of the molecule is O[C@H](CN1CCN(Cc2cc(F)cc(F)c2)CC1)c1ccco1.